The molecular formula is C16H24OS. The molecule has 0 saturated carbocycles. The number of hydrogen-bond donors (Lipinski definition) is 0. The highest BCUT2D eigenvalue weighted by atomic mass is 32.2. The van der Waals surface area contributed by atoms with Gasteiger partial charge in [-0.1, -0.05) is 63.6 Å². The number of benzene rings is 1. The molecule has 1 nitrogen and oxygen atoms in total. The van der Waals surface area contributed by atoms with Gasteiger partial charge in [0.05, 0.1) is 5.25 Å². The van der Waals surface area contributed by atoms with Crippen molar-refractivity contribution in [2.75, 3.05) is 0 Å². The van der Waals surface area contributed by atoms with E-state index in [-0.39, 0.29) is 5.25 Å². The molecule has 1 atom stereocenters. The van der Waals surface area contributed by atoms with Crippen LogP contribution in [0.1, 0.15) is 51.9 Å². The Labute approximate surface area is 115 Å². The fraction of sp³-hybridized carbons (Fsp3) is 0.562. The van der Waals surface area contributed by atoms with E-state index in [9.17, 15) is 4.79 Å². The molecule has 0 aliphatic rings. The zero-order valence-corrected chi connectivity index (χ0v) is 12.1. The van der Waals surface area contributed by atoms with Crippen LogP contribution in [-0.4, -0.2) is 11.5 Å². The number of thioether (sulfide) groups is 1. The molecule has 100 valence electrons. The summed E-state index contributed by atoms with van der Waals surface area (Å²) in [7, 11) is 0. The van der Waals surface area contributed by atoms with E-state index in [4.69, 9.17) is 0 Å². The Kier molecular flexibility index (Phi) is 8.66. The molecule has 0 saturated heterocycles. The van der Waals surface area contributed by atoms with Gasteiger partial charge >= 0.3 is 0 Å². The van der Waals surface area contributed by atoms with Crippen molar-refractivity contribution in [2.24, 2.45) is 0 Å². The van der Waals surface area contributed by atoms with Gasteiger partial charge in [0.15, 0.2) is 0 Å². The lowest BCUT2D eigenvalue weighted by Gasteiger charge is -2.09. The molecule has 0 spiro atoms. The van der Waals surface area contributed by atoms with Crippen molar-refractivity contribution >= 4 is 18.0 Å². The van der Waals surface area contributed by atoms with Crippen molar-refractivity contribution in [1.29, 1.82) is 0 Å². The van der Waals surface area contributed by atoms with E-state index in [0.717, 1.165) is 12.7 Å². The van der Waals surface area contributed by atoms with Crippen LogP contribution >= 0.6 is 11.8 Å². The van der Waals surface area contributed by atoms with Crippen LogP contribution in [0.3, 0.4) is 0 Å². The second kappa shape index (κ2) is 10.2. The van der Waals surface area contributed by atoms with Crippen LogP contribution in [0.4, 0.5) is 0 Å². The number of unbranched alkanes of at least 4 members (excludes halogenated alkanes) is 5. The monoisotopic (exact) mass is 264 g/mol. The molecule has 0 fully saturated rings. The van der Waals surface area contributed by atoms with Gasteiger partial charge in [-0.05, 0) is 18.6 Å². The van der Waals surface area contributed by atoms with E-state index in [2.05, 4.69) is 19.1 Å². The van der Waals surface area contributed by atoms with Crippen molar-refractivity contribution in [3.05, 3.63) is 30.3 Å². The van der Waals surface area contributed by atoms with Crippen molar-refractivity contribution in [3.63, 3.8) is 0 Å². The predicted octanol–water partition coefficient (Wildman–Crippen LogP) is 5.10. The van der Waals surface area contributed by atoms with Gasteiger partial charge in [-0.25, -0.2) is 0 Å². The number of hydrogen-bond acceptors (Lipinski definition) is 2. The molecule has 1 aromatic carbocycles. The lowest BCUT2D eigenvalue weighted by Crippen LogP contribution is -2.03. The normalized spacial score (nSPS) is 12.3. The van der Waals surface area contributed by atoms with E-state index >= 15 is 0 Å². The van der Waals surface area contributed by atoms with Crippen molar-refractivity contribution in [1.82, 2.24) is 0 Å². The molecule has 18 heavy (non-hydrogen) atoms. The second-order valence-electron chi connectivity index (χ2n) is 4.66. The molecule has 0 N–H and O–H groups in total. The standard InChI is InChI=1S/C16H24OS/c1-2-3-4-5-6-8-13-16(14-17)18-15-11-9-7-10-12-15/h7,9-12,14,16H,2-6,8,13H2,1H3. The van der Waals surface area contributed by atoms with Crippen molar-refractivity contribution in [3.8, 4) is 0 Å². The molecule has 0 aliphatic heterocycles. The Hall–Kier alpha value is -0.760. The minimum absolute atomic E-state index is 0.124. The van der Waals surface area contributed by atoms with Gasteiger partial charge < -0.3 is 4.79 Å². The molecule has 0 bridgehead atoms. The van der Waals surface area contributed by atoms with Crippen LogP contribution in [-0.2, 0) is 4.79 Å². The average Bonchev–Trinajstić information content (AvgIpc) is 2.42. The first-order valence-corrected chi connectivity index (χ1v) is 7.91. The summed E-state index contributed by atoms with van der Waals surface area (Å²) in [5.74, 6) is 0. The molecule has 2 heteroatoms. The lowest BCUT2D eigenvalue weighted by molar-refractivity contribution is -0.107. The topological polar surface area (TPSA) is 17.1 Å². The van der Waals surface area contributed by atoms with Gasteiger partial charge in [-0.15, -0.1) is 11.8 Å². The van der Waals surface area contributed by atoms with Crippen molar-refractivity contribution < 1.29 is 4.79 Å². The molecule has 1 rings (SSSR count). The smallest absolute Gasteiger partial charge is 0.133 e. The fourth-order valence-corrected chi connectivity index (χ4v) is 2.96. The zero-order valence-electron chi connectivity index (χ0n) is 11.3. The minimum Gasteiger partial charge on any atom is -0.302 e. The van der Waals surface area contributed by atoms with Gasteiger partial charge in [0.1, 0.15) is 6.29 Å². The molecule has 0 aliphatic carbocycles. The van der Waals surface area contributed by atoms with Crippen LogP contribution in [0.5, 0.6) is 0 Å². The van der Waals surface area contributed by atoms with E-state index in [1.807, 2.05) is 18.2 Å². The number of carbonyl (C=O) groups excluding carboxylic acids is 1. The summed E-state index contributed by atoms with van der Waals surface area (Å²) >= 11 is 1.69. The zero-order chi connectivity index (χ0) is 13.1. The third-order valence-corrected chi connectivity index (χ3v) is 4.22. The largest absolute Gasteiger partial charge is 0.302 e. The summed E-state index contributed by atoms with van der Waals surface area (Å²) in [6, 6.07) is 10.2. The summed E-state index contributed by atoms with van der Waals surface area (Å²) in [5.41, 5.74) is 0. The summed E-state index contributed by atoms with van der Waals surface area (Å²) in [5, 5.41) is 0.124. The van der Waals surface area contributed by atoms with Gasteiger partial charge in [0, 0.05) is 4.90 Å². The Bertz CT molecular complexity index is 310. The maximum Gasteiger partial charge on any atom is 0.133 e. The van der Waals surface area contributed by atoms with Gasteiger partial charge in [-0.2, -0.15) is 0 Å². The number of aldehydes is 1. The third-order valence-electron chi connectivity index (χ3n) is 3.02. The summed E-state index contributed by atoms with van der Waals surface area (Å²) < 4.78 is 0. The Morgan fingerprint density at radius 2 is 1.72 bits per heavy atom. The summed E-state index contributed by atoms with van der Waals surface area (Å²) in [6.45, 7) is 2.24. The molecule has 1 unspecified atom stereocenters. The van der Waals surface area contributed by atoms with Gasteiger partial charge in [0.25, 0.3) is 0 Å². The highest BCUT2D eigenvalue weighted by Crippen LogP contribution is 2.25. The molecule has 0 radical (unpaired) electrons. The van der Waals surface area contributed by atoms with Gasteiger partial charge in [-0.3, -0.25) is 0 Å². The van der Waals surface area contributed by atoms with E-state index < -0.39 is 0 Å². The van der Waals surface area contributed by atoms with Crippen molar-refractivity contribution in [2.45, 2.75) is 62.0 Å². The highest BCUT2D eigenvalue weighted by Gasteiger charge is 2.08. The van der Waals surface area contributed by atoms with Crippen LogP contribution in [0.15, 0.2) is 35.2 Å². The quantitative estimate of drug-likeness (QED) is 0.332. The van der Waals surface area contributed by atoms with Gasteiger partial charge in [0.2, 0.25) is 0 Å². The highest BCUT2D eigenvalue weighted by molar-refractivity contribution is 8.00. The maximum atomic E-state index is 11.1. The SMILES string of the molecule is CCCCCCCCC(C=O)Sc1ccccc1. The average molecular weight is 264 g/mol. The molecule has 0 heterocycles. The summed E-state index contributed by atoms with van der Waals surface area (Å²) in [6.07, 6.45) is 9.84. The van der Waals surface area contributed by atoms with E-state index in [1.165, 1.54) is 43.4 Å². The van der Waals surface area contributed by atoms with Crippen LogP contribution < -0.4 is 0 Å². The van der Waals surface area contributed by atoms with E-state index in [1.54, 1.807) is 11.8 Å². The third kappa shape index (κ3) is 6.85. The Balaban J connectivity index is 2.16. The predicted molar refractivity (Wildman–Crippen MR) is 80.1 cm³/mol. The first-order chi connectivity index (χ1) is 8.86. The lowest BCUT2D eigenvalue weighted by atomic mass is 10.1. The first kappa shape index (κ1) is 15.3. The van der Waals surface area contributed by atoms with E-state index in [0.29, 0.717) is 0 Å². The molecule has 1 aromatic rings. The van der Waals surface area contributed by atoms with Crippen LogP contribution in [0.25, 0.3) is 0 Å². The minimum atomic E-state index is 0.124. The Morgan fingerprint density at radius 1 is 1.06 bits per heavy atom. The Morgan fingerprint density at radius 3 is 2.39 bits per heavy atom. The van der Waals surface area contributed by atoms with Crippen LogP contribution in [0, 0.1) is 0 Å². The number of carbonyl (C=O) groups is 1. The molecule has 0 aromatic heterocycles. The molecule has 0 amide bonds. The maximum absolute atomic E-state index is 11.1. The van der Waals surface area contributed by atoms with Crippen LogP contribution in [0.2, 0.25) is 0 Å². The number of rotatable bonds is 10. The molecular weight excluding hydrogens is 240 g/mol. The fourth-order valence-electron chi connectivity index (χ4n) is 1.95. The first-order valence-electron chi connectivity index (χ1n) is 7.03. The second-order valence-corrected chi connectivity index (χ2v) is 5.97. The summed E-state index contributed by atoms with van der Waals surface area (Å²) in [4.78, 5) is 12.2.